The van der Waals surface area contributed by atoms with Gasteiger partial charge in [-0.1, -0.05) is 39.0 Å². The van der Waals surface area contributed by atoms with Crippen LogP contribution in [0.3, 0.4) is 0 Å². The molecule has 0 aromatic carbocycles. The minimum atomic E-state index is -0.783. The van der Waals surface area contributed by atoms with Gasteiger partial charge in [0.15, 0.2) is 17.5 Å². The lowest BCUT2D eigenvalue weighted by molar-refractivity contribution is -0.378. The second kappa shape index (κ2) is 8.68. The maximum atomic E-state index is 13.3. The Morgan fingerprint density at radius 3 is 2.30 bits per heavy atom. The third-order valence-corrected chi connectivity index (χ3v) is 5.25. The fourth-order valence-electron chi connectivity index (χ4n) is 3.70. The monoisotopic (exact) mass is 380 g/mol. The van der Waals surface area contributed by atoms with E-state index < -0.39 is 17.1 Å². The molecule has 0 amide bonds. The molecule has 0 aromatic heterocycles. The number of unbranched alkanes of at least 4 members (excludes halogenated alkanes) is 5. The third-order valence-electron chi connectivity index (χ3n) is 5.25. The van der Waals surface area contributed by atoms with Crippen molar-refractivity contribution in [3.8, 4) is 0 Å². The predicted octanol–water partition coefficient (Wildman–Crippen LogP) is 5.60. The van der Waals surface area contributed by atoms with E-state index in [1.165, 1.54) is 25.7 Å². The Balaban J connectivity index is 2.16. The highest BCUT2D eigenvalue weighted by Crippen LogP contribution is 2.47. The number of carbonyl (C=O) groups excluding carboxylic acids is 1. The molecule has 1 fully saturated rings. The summed E-state index contributed by atoms with van der Waals surface area (Å²) < 4.78 is 12.1. The van der Waals surface area contributed by atoms with Crippen LogP contribution in [-0.2, 0) is 24.0 Å². The van der Waals surface area contributed by atoms with Crippen LogP contribution < -0.4 is 0 Å². The molecule has 5 heteroatoms. The van der Waals surface area contributed by atoms with E-state index in [4.69, 9.17) is 19.2 Å². The van der Waals surface area contributed by atoms with Crippen LogP contribution in [0.4, 0.5) is 0 Å². The zero-order valence-electron chi connectivity index (χ0n) is 18.1. The van der Waals surface area contributed by atoms with Gasteiger partial charge in [0, 0.05) is 0 Å². The van der Waals surface area contributed by atoms with E-state index >= 15 is 0 Å². The van der Waals surface area contributed by atoms with Gasteiger partial charge < -0.3 is 9.47 Å². The molecule has 0 aliphatic carbocycles. The lowest BCUT2D eigenvalue weighted by atomic mass is 9.74. The summed E-state index contributed by atoms with van der Waals surface area (Å²) in [5, 5.41) is 0. The Bertz CT molecular complexity index is 608. The summed E-state index contributed by atoms with van der Waals surface area (Å²) in [5.41, 5.74) is -0.0951. The summed E-state index contributed by atoms with van der Waals surface area (Å²) in [5.74, 6) is 0.845. The minimum Gasteiger partial charge on any atom is -0.485 e. The first-order valence-electron chi connectivity index (χ1n) is 10.2. The number of Topliss-reactive ketones (excluding diaryl/α,β-unsaturated/α-hetero) is 1. The van der Waals surface area contributed by atoms with Crippen molar-refractivity contribution in [3.63, 3.8) is 0 Å². The molecule has 0 radical (unpaired) electrons. The largest absolute Gasteiger partial charge is 0.485 e. The van der Waals surface area contributed by atoms with Crippen molar-refractivity contribution in [1.29, 1.82) is 0 Å². The quantitative estimate of drug-likeness (QED) is 0.405. The second-order valence-electron chi connectivity index (χ2n) is 8.87. The smallest absolute Gasteiger partial charge is 0.327 e. The fourth-order valence-corrected chi connectivity index (χ4v) is 3.70. The molecule has 0 spiro atoms. The Labute approximate surface area is 164 Å². The average Bonchev–Trinajstić information content (AvgIpc) is 2.58. The van der Waals surface area contributed by atoms with Crippen molar-refractivity contribution < 1.29 is 24.0 Å². The molecule has 2 aliphatic rings. The first kappa shape index (κ1) is 21.8. The van der Waals surface area contributed by atoms with E-state index in [0.29, 0.717) is 17.9 Å². The average molecular weight is 381 g/mol. The van der Waals surface area contributed by atoms with E-state index in [2.05, 4.69) is 6.92 Å². The van der Waals surface area contributed by atoms with Crippen molar-refractivity contribution in [3.05, 3.63) is 22.9 Å². The molecule has 5 nitrogen and oxygen atoms in total. The molecule has 0 aromatic rings. The molecule has 0 saturated carbocycles. The van der Waals surface area contributed by atoms with Gasteiger partial charge >= 0.3 is 5.95 Å². The van der Waals surface area contributed by atoms with Crippen LogP contribution in [0.5, 0.6) is 0 Å². The molecular weight excluding hydrogens is 344 g/mol. The predicted molar refractivity (Wildman–Crippen MR) is 105 cm³/mol. The van der Waals surface area contributed by atoms with Gasteiger partial charge in [-0.2, -0.15) is 4.89 Å². The van der Waals surface area contributed by atoms with Crippen molar-refractivity contribution in [1.82, 2.24) is 0 Å². The Hall–Kier alpha value is -1.49. The topological polar surface area (TPSA) is 54.0 Å². The van der Waals surface area contributed by atoms with Gasteiger partial charge in [0.1, 0.15) is 11.3 Å². The fraction of sp³-hybridized carbons (Fsp3) is 0.773. The Kier molecular flexibility index (Phi) is 7.01. The van der Waals surface area contributed by atoms with Crippen LogP contribution in [0.2, 0.25) is 0 Å². The first-order chi connectivity index (χ1) is 12.6. The SMILES string of the molecule is CCCCCCCCOC1=C2C(=O)C(C)(C)C(=C(C)C)OC2C(C)(C)OO1. The van der Waals surface area contributed by atoms with Gasteiger partial charge in [-0.25, -0.2) is 0 Å². The lowest BCUT2D eigenvalue weighted by Crippen LogP contribution is -2.54. The number of allylic oxidation sites excluding steroid dienone is 2. The maximum Gasteiger partial charge on any atom is 0.327 e. The summed E-state index contributed by atoms with van der Waals surface area (Å²) in [6, 6.07) is 0. The van der Waals surface area contributed by atoms with Crippen LogP contribution in [0.1, 0.15) is 87.0 Å². The number of hydrogen-bond donors (Lipinski definition) is 0. The summed E-state index contributed by atoms with van der Waals surface area (Å²) in [4.78, 5) is 24.2. The highest BCUT2D eigenvalue weighted by atomic mass is 17.2. The zero-order chi connectivity index (χ0) is 20.2. The lowest BCUT2D eigenvalue weighted by Gasteiger charge is -2.45. The van der Waals surface area contributed by atoms with Crippen molar-refractivity contribution in [2.75, 3.05) is 6.61 Å². The van der Waals surface area contributed by atoms with Gasteiger partial charge in [0.05, 0.1) is 12.0 Å². The molecule has 2 aliphatic heterocycles. The molecule has 0 N–H and O–H groups in total. The van der Waals surface area contributed by atoms with Gasteiger partial charge in [-0.15, -0.1) is 0 Å². The Morgan fingerprint density at radius 2 is 1.67 bits per heavy atom. The zero-order valence-corrected chi connectivity index (χ0v) is 18.1. The molecule has 1 atom stereocenters. The number of ether oxygens (including phenoxy) is 2. The third kappa shape index (κ3) is 4.68. The van der Waals surface area contributed by atoms with E-state index in [1.807, 2.05) is 41.5 Å². The van der Waals surface area contributed by atoms with E-state index in [1.54, 1.807) is 0 Å². The highest BCUT2D eigenvalue weighted by molar-refractivity contribution is 6.03. The van der Waals surface area contributed by atoms with E-state index in [0.717, 1.165) is 18.4 Å². The van der Waals surface area contributed by atoms with Crippen molar-refractivity contribution in [2.45, 2.75) is 98.7 Å². The molecule has 27 heavy (non-hydrogen) atoms. The number of carbonyl (C=O) groups is 1. The molecule has 2 rings (SSSR count). The molecular formula is C22H36O5. The van der Waals surface area contributed by atoms with Crippen LogP contribution >= 0.6 is 0 Å². The molecule has 1 unspecified atom stereocenters. The van der Waals surface area contributed by atoms with Crippen LogP contribution in [0, 0.1) is 5.41 Å². The number of fused-ring (bicyclic) bond motifs is 1. The normalized spacial score (nSPS) is 23.4. The maximum absolute atomic E-state index is 13.3. The number of ketones is 1. The van der Waals surface area contributed by atoms with Crippen LogP contribution in [-0.4, -0.2) is 24.1 Å². The number of rotatable bonds is 8. The van der Waals surface area contributed by atoms with Gasteiger partial charge in [0.25, 0.3) is 0 Å². The second-order valence-corrected chi connectivity index (χ2v) is 8.87. The molecule has 2 heterocycles. The Morgan fingerprint density at radius 1 is 1.04 bits per heavy atom. The van der Waals surface area contributed by atoms with Crippen LogP contribution in [0.25, 0.3) is 0 Å². The summed E-state index contributed by atoms with van der Waals surface area (Å²) in [6.07, 6.45) is 6.46. The highest BCUT2D eigenvalue weighted by Gasteiger charge is 2.55. The van der Waals surface area contributed by atoms with Crippen molar-refractivity contribution in [2.24, 2.45) is 5.41 Å². The molecule has 154 valence electrons. The summed E-state index contributed by atoms with van der Waals surface area (Å²) >= 11 is 0. The summed E-state index contributed by atoms with van der Waals surface area (Å²) in [7, 11) is 0. The van der Waals surface area contributed by atoms with E-state index in [9.17, 15) is 4.79 Å². The first-order valence-corrected chi connectivity index (χ1v) is 10.2. The van der Waals surface area contributed by atoms with Crippen molar-refractivity contribution >= 4 is 5.78 Å². The van der Waals surface area contributed by atoms with Gasteiger partial charge in [0.2, 0.25) is 0 Å². The molecule has 0 bridgehead atoms. The minimum absolute atomic E-state index is 0.0238. The number of hydrogen-bond acceptors (Lipinski definition) is 5. The van der Waals surface area contributed by atoms with Crippen LogP contribution in [0.15, 0.2) is 22.9 Å². The summed E-state index contributed by atoms with van der Waals surface area (Å²) in [6.45, 7) is 14.1. The molecule has 1 saturated heterocycles. The van der Waals surface area contributed by atoms with E-state index in [-0.39, 0.29) is 11.7 Å². The standard InChI is InChI=1S/C22H36O5/c1-8-9-10-11-12-13-14-24-20-16-17(23)21(4,5)18(15(2)3)25-19(16)22(6,7)27-26-20/h19H,8-14H2,1-7H3. The van der Waals surface area contributed by atoms with Gasteiger partial charge in [-0.3, -0.25) is 9.68 Å². The van der Waals surface area contributed by atoms with Gasteiger partial charge in [-0.05, 0) is 53.5 Å².